The van der Waals surface area contributed by atoms with E-state index >= 15 is 0 Å². The van der Waals surface area contributed by atoms with Crippen LogP contribution in [0.1, 0.15) is 40.2 Å². The standard InChI is InChI=1S/C29H33N5O/c1-20-7-12-25(21(2)19-20)29(35)31-23-8-10-24(11-9-23)34-17-14-22(15-18-34)30-16-13-28-32-26-5-3-4-6-27(26)33-28/h3-12,19,22,30H,13-18H2,1-2H3,(H,31,35)(H,32,33). The summed E-state index contributed by atoms with van der Waals surface area (Å²) < 4.78 is 0. The third kappa shape index (κ3) is 5.54. The summed E-state index contributed by atoms with van der Waals surface area (Å²) in [4.78, 5) is 23.2. The molecule has 3 N–H and O–H groups in total. The van der Waals surface area contributed by atoms with Gasteiger partial charge in [0.05, 0.1) is 11.0 Å². The molecule has 1 aliphatic rings. The fraction of sp³-hybridized carbons (Fsp3) is 0.310. The molecule has 35 heavy (non-hydrogen) atoms. The smallest absolute Gasteiger partial charge is 0.255 e. The number of H-pyrrole nitrogens is 1. The highest BCUT2D eigenvalue weighted by Gasteiger charge is 2.19. The number of carbonyl (C=O) groups is 1. The van der Waals surface area contributed by atoms with Gasteiger partial charge in [-0.05, 0) is 74.7 Å². The van der Waals surface area contributed by atoms with Crippen molar-refractivity contribution in [1.29, 1.82) is 0 Å². The van der Waals surface area contributed by atoms with Crippen molar-refractivity contribution in [2.45, 2.75) is 39.2 Å². The molecule has 0 radical (unpaired) electrons. The van der Waals surface area contributed by atoms with Crippen molar-refractivity contribution in [2.24, 2.45) is 0 Å². The summed E-state index contributed by atoms with van der Waals surface area (Å²) in [6, 6.07) is 22.8. The molecular formula is C29H33N5O. The first-order valence-electron chi connectivity index (χ1n) is 12.5. The number of amides is 1. The summed E-state index contributed by atoms with van der Waals surface area (Å²) in [5.74, 6) is 0.977. The van der Waals surface area contributed by atoms with Crippen molar-refractivity contribution < 1.29 is 4.79 Å². The molecule has 5 rings (SSSR count). The first-order chi connectivity index (χ1) is 17.0. The first kappa shape index (κ1) is 23.1. The van der Waals surface area contributed by atoms with Crippen LogP contribution in [0.15, 0.2) is 66.7 Å². The van der Waals surface area contributed by atoms with Gasteiger partial charge in [-0.25, -0.2) is 4.98 Å². The minimum Gasteiger partial charge on any atom is -0.371 e. The molecule has 1 amide bonds. The van der Waals surface area contributed by atoms with Gasteiger partial charge in [0.1, 0.15) is 5.82 Å². The lowest BCUT2D eigenvalue weighted by molar-refractivity contribution is 0.102. The Morgan fingerprint density at radius 2 is 1.80 bits per heavy atom. The second-order valence-corrected chi connectivity index (χ2v) is 9.49. The van der Waals surface area contributed by atoms with Crippen molar-refractivity contribution >= 4 is 28.3 Å². The van der Waals surface area contributed by atoms with Crippen molar-refractivity contribution in [2.75, 3.05) is 29.9 Å². The van der Waals surface area contributed by atoms with E-state index < -0.39 is 0 Å². The van der Waals surface area contributed by atoms with Crippen LogP contribution in [0.5, 0.6) is 0 Å². The van der Waals surface area contributed by atoms with E-state index in [1.165, 1.54) is 5.69 Å². The molecule has 0 bridgehead atoms. The Morgan fingerprint density at radius 3 is 2.54 bits per heavy atom. The van der Waals surface area contributed by atoms with Gasteiger partial charge in [-0.2, -0.15) is 0 Å². The van der Waals surface area contributed by atoms with Gasteiger partial charge in [0.15, 0.2) is 0 Å². The molecule has 0 saturated carbocycles. The molecule has 1 saturated heterocycles. The normalized spacial score (nSPS) is 14.4. The quantitative estimate of drug-likeness (QED) is 0.348. The first-order valence-corrected chi connectivity index (χ1v) is 12.5. The maximum atomic E-state index is 12.7. The number of benzene rings is 3. The molecular weight excluding hydrogens is 434 g/mol. The van der Waals surface area contributed by atoms with Gasteiger partial charge >= 0.3 is 0 Å². The van der Waals surface area contributed by atoms with E-state index in [1.807, 2.05) is 62.4 Å². The number of aryl methyl sites for hydroxylation is 2. The Balaban J connectivity index is 1.08. The fourth-order valence-corrected chi connectivity index (χ4v) is 4.88. The highest BCUT2D eigenvalue weighted by Crippen LogP contribution is 2.23. The largest absolute Gasteiger partial charge is 0.371 e. The van der Waals surface area contributed by atoms with E-state index in [0.717, 1.165) is 78.1 Å². The molecule has 2 heterocycles. The number of carbonyl (C=O) groups excluding carboxylic acids is 1. The number of aromatic amines is 1. The molecule has 1 fully saturated rings. The molecule has 0 aliphatic carbocycles. The van der Waals surface area contributed by atoms with Crippen LogP contribution >= 0.6 is 0 Å². The molecule has 0 unspecified atom stereocenters. The molecule has 180 valence electrons. The molecule has 1 aromatic heterocycles. The van der Waals surface area contributed by atoms with Crippen LogP contribution in [-0.2, 0) is 6.42 Å². The highest BCUT2D eigenvalue weighted by molar-refractivity contribution is 6.05. The number of hydrogen-bond donors (Lipinski definition) is 3. The Kier molecular flexibility index (Phi) is 6.82. The number of nitrogens with one attached hydrogen (secondary N) is 3. The zero-order valence-corrected chi connectivity index (χ0v) is 20.5. The van der Waals surface area contributed by atoms with Crippen LogP contribution in [0.3, 0.4) is 0 Å². The summed E-state index contributed by atoms with van der Waals surface area (Å²) >= 11 is 0. The third-order valence-corrected chi connectivity index (χ3v) is 6.85. The van der Waals surface area contributed by atoms with Crippen LogP contribution < -0.4 is 15.5 Å². The summed E-state index contributed by atoms with van der Waals surface area (Å²) in [5, 5.41) is 6.73. The fourth-order valence-electron chi connectivity index (χ4n) is 4.88. The topological polar surface area (TPSA) is 73.1 Å². The van der Waals surface area contributed by atoms with Crippen molar-refractivity contribution in [3.05, 3.63) is 89.2 Å². The van der Waals surface area contributed by atoms with E-state index in [2.05, 4.69) is 43.7 Å². The van der Waals surface area contributed by atoms with E-state index in [9.17, 15) is 4.79 Å². The van der Waals surface area contributed by atoms with Crippen LogP contribution in [0, 0.1) is 13.8 Å². The average molecular weight is 468 g/mol. The maximum absolute atomic E-state index is 12.7. The summed E-state index contributed by atoms with van der Waals surface area (Å²) in [6.45, 7) is 6.99. The number of aromatic nitrogens is 2. The summed E-state index contributed by atoms with van der Waals surface area (Å²) in [7, 11) is 0. The van der Waals surface area contributed by atoms with Crippen LogP contribution in [-0.4, -0.2) is 41.6 Å². The Morgan fingerprint density at radius 1 is 1.03 bits per heavy atom. The number of para-hydroxylation sites is 2. The molecule has 0 spiro atoms. The number of piperidine rings is 1. The Bertz CT molecular complexity index is 1270. The molecule has 6 heteroatoms. The van der Waals surface area contributed by atoms with Crippen molar-refractivity contribution in [3.63, 3.8) is 0 Å². The van der Waals surface area contributed by atoms with Crippen molar-refractivity contribution in [3.8, 4) is 0 Å². The van der Waals surface area contributed by atoms with Gasteiger partial charge in [0, 0.05) is 49.0 Å². The van der Waals surface area contributed by atoms with Gasteiger partial charge in [-0.3, -0.25) is 4.79 Å². The van der Waals surface area contributed by atoms with Crippen molar-refractivity contribution in [1.82, 2.24) is 15.3 Å². The monoisotopic (exact) mass is 467 g/mol. The Labute approximate surface area is 206 Å². The molecule has 6 nitrogen and oxygen atoms in total. The van der Waals surface area contributed by atoms with E-state index in [-0.39, 0.29) is 5.91 Å². The predicted molar refractivity (Wildman–Crippen MR) is 143 cm³/mol. The highest BCUT2D eigenvalue weighted by atomic mass is 16.1. The van der Waals surface area contributed by atoms with Crippen LogP contribution in [0.2, 0.25) is 0 Å². The van der Waals surface area contributed by atoms with E-state index in [4.69, 9.17) is 0 Å². The van der Waals surface area contributed by atoms with Crippen LogP contribution in [0.25, 0.3) is 11.0 Å². The lowest BCUT2D eigenvalue weighted by Crippen LogP contribution is -2.43. The van der Waals surface area contributed by atoms with E-state index in [1.54, 1.807) is 0 Å². The third-order valence-electron chi connectivity index (χ3n) is 6.85. The second-order valence-electron chi connectivity index (χ2n) is 9.49. The number of fused-ring (bicyclic) bond motifs is 1. The van der Waals surface area contributed by atoms with Gasteiger partial charge in [0.2, 0.25) is 0 Å². The number of imidazole rings is 1. The van der Waals surface area contributed by atoms with E-state index in [0.29, 0.717) is 6.04 Å². The number of nitrogens with zero attached hydrogens (tertiary/aromatic N) is 2. The molecule has 1 aliphatic heterocycles. The number of rotatable bonds is 7. The summed E-state index contributed by atoms with van der Waals surface area (Å²) in [5.41, 5.74) is 7.03. The average Bonchev–Trinajstić information content (AvgIpc) is 3.28. The lowest BCUT2D eigenvalue weighted by Gasteiger charge is -2.34. The second kappa shape index (κ2) is 10.3. The molecule has 0 atom stereocenters. The predicted octanol–water partition coefficient (Wildman–Crippen LogP) is 5.23. The zero-order chi connectivity index (χ0) is 24.2. The van der Waals surface area contributed by atoms with Gasteiger partial charge in [0.25, 0.3) is 5.91 Å². The maximum Gasteiger partial charge on any atom is 0.255 e. The molecule has 4 aromatic rings. The lowest BCUT2D eigenvalue weighted by atomic mass is 10.0. The SMILES string of the molecule is Cc1ccc(C(=O)Nc2ccc(N3CCC(NCCc4nc5ccccc5[nH]4)CC3)cc2)c(C)c1. The Hall–Kier alpha value is -3.64. The minimum absolute atomic E-state index is 0.0650. The molecule has 3 aromatic carbocycles. The van der Waals surface area contributed by atoms with Gasteiger partial charge in [-0.15, -0.1) is 0 Å². The number of hydrogen-bond acceptors (Lipinski definition) is 4. The minimum atomic E-state index is -0.0650. The van der Waals surface area contributed by atoms with Crippen LogP contribution in [0.4, 0.5) is 11.4 Å². The van der Waals surface area contributed by atoms with Gasteiger partial charge < -0.3 is 20.5 Å². The number of anilines is 2. The zero-order valence-electron chi connectivity index (χ0n) is 20.5. The van der Waals surface area contributed by atoms with Gasteiger partial charge in [-0.1, -0.05) is 29.8 Å². The summed E-state index contributed by atoms with van der Waals surface area (Å²) in [6.07, 6.45) is 3.14.